The summed E-state index contributed by atoms with van der Waals surface area (Å²) in [7, 11) is 0. The zero-order chi connectivity index (χ0) is 20.1. The zero-order valence-electron chi connectivity index (χ0n) is 16.8. The third-order valence-electron chi connectivity index (χ3n) is 5.36. The molecule has 1 amide bonds. The van der Waals surface area contributed by atoms with Crippen molar-refractivity contribution in [3.63, 3.8) is 0 Å². The summed E-state index contributed by atoms with van der Waals surface area (Å²) in [6.45, 7) is 5.39. The molecule has 1 aromatic carbocycles. The Morgan fingerprint density at radius 3 is 2.79 bits per heavy atom. The second-order valence-corrected chi connectivity index (χ2v) is 7.51. The van der Waals surface area contributed by atoms with E-state index in [0.29, 0.717) is 6.42 Å². The standard InChI is InChI=1S/C22H27N5O2/c1-17(23-21(28)10-9-18-6-3-2-4-7-18)22-25-24-20-11-12-26(13-14-27(20)22)16-19-8-5-15-29-19/h2-8,15,17H,9-14,16H2,1H3,(H,23,28)/t17-/m1/s1. The number of hydrogen-bond donors (Lipinski definition) is 1. The number of aryl methyl sites for hydroxylation is 1. The SMILES string of the molecule is C[C@@H](NC(=O)CCc1ccccc1)c1nnc2n1CCN(Cc1ccco1)CC2. The van der Waals surface area contributed by atoms with Gasteiger partial charge in [0.25, 0.3) is 0 Å². The van der Waals surface area contributed by atoms with Crippen LogP contribution in [0.4, 0.5) is 0 Å². The van der Waals surface area contributed by atoms with E-state index in [-0.39, 0.29) is 11.9 Å². The number of carbonyl (C=O) groups excluding carboxylic acids is 1. The van der Waals surface area contributed by atoms with Crippen LogP contribution in [-0.2, 0) is 30.7 Å². The highest BCUT2D eigenvalue weighted by Gasteiger charge is 2.23. The van der Waals surface area contributed by atoms with Crippen molar-refractivity contribution >= 4 is 5.91 Å². The minimum atomic E-state index is -0.170. The van der Waals surface area contributed by atoms with Crippen LogP contribution in [0.3, 0.4) is 0 Å². The number of fused-ring (bicyclic) bond motifs is 1. The van der Waals surface area contributed by atoms with E-state index in [1.807, 2.05) is 49.4 Å². The molecule has 1 aliphatic heterocycles. The van der Waals surface area contributed by atoms with Gasteiger partial charge in [-0.05, 0) is 31.0 Å². The summed E-state index contributed by atoms with van der Waals surface area (Å²) >= 11 is 0. The first kappa shape index (κ1) is 19.4. The molecular formula is C22H27N5O2. The van der Waals surface area contributed by atoms with Gasteiger partial charge in [-0.25, -0.2) is 0 Å². The first-order valence-electron chi connectivity index (χ1n) is 10.2. The van der Waals surface area contributed by atoms with Gasteiger partial charge in [-0.1, -0.05) is 30.3 Å². The fourth-order valence-electron chi connectivity index (χ4n) is 3.77. The van der Waals surface area contributed by atoms with E-state index >= 15 is 0 Å². The monoisotopic (exact) mass is 393 g/mol. The van der Waals surface area contributed by atoms with Gasteiger partial charge >= 0.3 is 0 Å². The quantitative estimate of drug-likeness (QED) is 0.668. The maximum Gasteiger partial charge on any atom is 0.220 e. The number of amides is 1. The molecule has 3 heterocycles. The lowest BCUT2D eigenvalue weighted by molar-refractivity contribution is -0.121. The van der Waals surface area contributed by atoms with Gasteiger partial charge in [0.2, 0.25) is 5.91 Å². The number of benzene rings is 1. The van der Waals surface area contributed by atoms with Crippen LogP contribution < -0.4 is 5.32 Å². The van der Waals surface area contributed by atoms with Crippen molar-refractivity contribution in [2.24, 2.45) is 0 Å². The molecule has 7 nitrogen and oxygen atoms in total. The van der Waals surface area contributed by atoms with E-state index in [4.69, 9.17) is 4.42 Å². The molecule has 0 bridgehead atoms. The Labute approximate surface area is 170 Å². The lowest BCUT2D eigenvalue weighted by Crippen LogP contribution is -2.30. The molecule has 152 valence electrons. The van der Waals surface area contributed by atoms with Crippen LogP contribution in [0.5, 0.6) is 0 Å². The molecule has 0 spiro atoms. The molecule has 0 fully saturated rings. The number of furan rings is 1. The van der Waals surface area contributed by atoms with Crippen LogP contribution in [0.25, 0.3) is 0 Å². The van der Waals surface area contributed by atoms with Crippen molar-refractivity contribution in [2.75, 3.05) is 13.1 Å². The van der Waals surface area contributed by atoms with Gasteiger partial charge in [0.05, 0.1) is 18.8 Å². The molecule has 0 aliphatic carbocycles. The molecule has 3 aromatic rings. The van der Waals surface area contributed by atoms with Gasteiger partial charge in [0, 0.05) is 32.5 Å². The van der Waals surface area contributed by atoms with Crippen LogP contribution in [0.15, 0.2) is 53.1 Å². The molecule has 0 saturated heterocycles. The van der Waals surface area contributed by atoms with E-state index in [0.717, 1.165) is 56.4 Å². The largest absolute Gasteiger partial charge is 0.468 e. The highest BCUT2D eigenvalue weighted by Crippen LogP contribution is 2.17. The first-order valence-corrected chi connectivity index (χ1v) is 10.2. The Morgan fingerprint density at radius 1 is 1.14 bits per heavy atom. The van der Waals surface area contributed by atoms with E-state index in [1.165, 1.54) is 5.56 Å². The van der Waals surface area contributed by atoms with Gasteiger partial charge in [-0.2, -0.15) is 0 Å². The van der Waals surface area contributed by atoms with Gasteiger partial charge in [-0.15, -0.1) is 10.2 Å². The molecule has 0 saturated carbocycles. The predicted octanol–water partition coefficient (Wildman–Crippen LogP) is 2.74. The Bertz CT molecular complexity index is 920. The minimum Gasteiger partial charge on any atom is -0.468 e. The fraction of sp³-hybridized carbons (Fsp3) is 0.409. The maximum atomic E-state index is 12.4. The number of hydrogen-bond acceptors (Lipinski definition) is 5. The van der Waals surface area contributed by atoms with Crippen LogP contribution in [0.2, 0.25) is 0 Å². The third-order valence-corrected chi connectivity index (χ3v) is 5.36. The third kappa shape index (κ3) is 4.92. The van der Waals surface area contributed by atoms with E-state index in [1.54, 1.807) is 6.26 Å². The molecule has 0 unspecified atom stereocenters. The molecule has 29 heavy (non-hydrogen) atoms. The fourth-order valence-corrected chi connectivity index (χ4v) is 3.77. The lowest BCUT2D eigenvalue weighted by Gasteiger charge is -2.19. The smallest absolute Gasteiger partial charge is 0.220 e. The topological polar surface area (TPSA) is 76.2 Å². The Kier molecular flexibility index (Phi) is 6.05. The molecule has 1 aliphatic rings. The Balaban J connectivity index is 1.33. The molecule has 1 atom stereocenters. The molecule has 2 aromatic heterocycles. The van der Waals surface area contributed by atoms with Gasteiger partial charge in [0.15, 0.2) is 5.82 Å². The van der Waals surface area contributed by atoms with E-state index in [2.05, 4.69) is 25.0 Å². The predicted molar refractivity (Wildman–Crippen MR) is 109 cm³/mol. The molecule has 4 rings (SSSR count). The summed E-state index contributed by atoms with van der Waals surface area (Å²) < 4.78 is 7.63. The van der Waals surface area contributed by atoms with Crippen molar-refractivity contribution in [1.29, 1.82) is 0 Å². The molecular weight excluding hydrogens is 366 g/mol. The van der Waals surface area contributed by atoms with Crippen molar-refractivity contribution < 1.29 is 9.21 Å². The second-order valence-electron chi connectivity index (χ2n) is 7.51. The summed E-state index contributed by atoms with van der Waals surface area (Å²) in [6, 6.07) is 13.8. The normalized spacial score (nSPS) is 15.5. The highest BCUT2D eigenvalue weighted by molar-refractivity contribution is 5.76. The summed E-state index contributed by atoms with van der Waals surface area (Å²) in [6.07, 6.45) is 3.75. The number of rotatable bonds is 7. The molecule has 1 N–H and O–H groups in total. The van der Waals surface area contributed by atoms with Crippen molar-refractivity contribution in [2.45, 2.75) is 45.3 Å². The second kappa shape index (κ2) is 9.05. The van der Waals surface area contributed by atoms with Crippen LogP contribution >= 0.6 is 0 Å². The van der Waals surface area contributed by atoms with E-state index < -0.39 is 0 Å². The average Bonchev–Trinajstić information content (AvgIpc) is 3.34. The highest BCUT2D eigenvalue weighted by atomic mass is 16.3. The Morgan fingerprint density at radius 2 is 2.00 bits per heavy atom. The Hall–Kier alpha value is -2.93. The van der Waals surface area contributed by atoms with Crippen molar-refractivity contribution in [1.82, 2.24) is 25.0 Å². The van der Waals surface area contributed by atoms with Crippen LogP contribution in [0, 0.1) is 0 Å². The lowest BCUT2D eigenvalue weighted by atomic mass is 10.1. The molecule has 0 radical (unpaired) electrons. The van der Waals surface area contributed by atoms with Crippen LogP contribution in [0.1, 0.15) is 42.4 Å². The van der Waals surface area contributed by atoms with Crippen molar-refractivity contribution in [3.05, 3.63) is 71.7 Å². The number of nitrogens with one attached hydrogen (secondary N) is 1. The number of nitrogens with zero attached hydrogens (tertiary/aromatic N) is 4. The maximum absolute atomic E-state index is 12.4. The van der Waals surface area contributed by atoms with Gasteiger partial charge < -0.3 is 14.3 Å². The zero-order valence-corrected chi connectivity index (χ0v) is 16.8. The summed E-state index contributed by atoms with van der Waals surface area (Å²) in [5.74, 6) is 2.81. The molecule has 7 heteroatoms. The van der Waals surface area contributed by atoms with Crippen LogP contribution in [-0.4, -0.2) is 38.7 Å². The summed E-state index contributed by atoms with van der Waals surface area (Å²) in [5, 5.41) is 11.8. The summed E-state index contributed by atoms with van der Waals surface area (Å²) in [4.78, 5) is 14.8. The minimum absolute atomic E-state index is 0.0340. The van der Waals surface area contributed by atoms with E-state index in [9.17, 15) is 4.79 Å². The van der Waals surface area contributed by atoms with Crippen molar-refractivity contribution in [3.8, 4) is 0 Å². The summed E-state index contributed by atoms with van der Waals surface area (Å²) in [5.41, 5.74) is 1.17. The average molecular weight is 393 g/mol. The number of aromatic nitrogens is 3. The first-order chi connectivity index (χ1) is 14.2. The van der Waals surface area contributed by atoms with Gasteiger partial charge in [0.1, 0.15) is 11.6 Å². The van der Waals surface area contributed by atoms with Gasteiger partial charge in [-0.3, -0.25) is 9.69 Å². The number of carbonyl (C=O) groups is 1.